The zero-order valence-corrected chi connectivity index (χ0v) is 14.5. The van der Waals surface area contributed by atoms with Crippen LogP contribution in [-0.2, 0) is 5.75 Å². The lowest BCUT2D eigenvalue weighted by atomic mass is 10.3. The third-order valence-electron chi connectivity index (χ3n) is 3.36. The standard InChI is InChI=1S/C15H17N5OS2/c1-3-10(2)16-14-18-19-15(23-14)22-9-11-8-13(21)20-7-5-4-6-12(20)17-11/h4-8,10H,3,9H2,1-2H3,(H,16,18)/t10-/m1/s1. The van der Waals surface area contributed by atoms with Crippen LogP contribution < -0.4 is 10.9 Å². The van der Waals surface area contributed by atoms with Gasteiger partial charge in [-0.2, -0.15) is 0 Å². The summed E-state index contributed by atoms with van der Waals surface area (Å²) in [5, 5.41) is 12.4. The highest BCUT2D eigenvalue weighted by atomic mass is 32.2. The van der Waals surface area contributed by atoms with Crippen molar-refractivity contribution in [3.8, 4) is 0 Å². The van der Waals surface area contributed by atoms with Crippen molar-refractivity contribution in [2.75, 3.05) is 5.32 Å². The van der Waals surface area contributed by atoms with Gasteiger partial charge in [-0.05, 0) is 25.5 Å². The number of nitrogens with zero attached hydrogens (tertiary/aromatic N) is 4. The Bertz CT molecular complexity index is 860. The first-order chi connectivity index (χ1) is 11.2. The van der Waals surface area contributed by atoms with E-state index in [4.69, 9.17) is 0 Å². The third-order valence-corrected chi connectivity index (χ3v) is 5.38. The minimum Gasteiger partial charge on any atom is -0.358 e. The highest BCUT2D eigenvalue weighted by Crippen LogP contribution is 2.28. The van der Waals surface area contributed by atoms with Gasteiger partial charge in [-0.3, -0.25) is 9.20 Å². The van der Waals surface area contributed by atoms with E-state index in [0.29, 0.717) is 17.4 Å². The summed E-state index contributed by atoms with van der Waals surface area (Å²) in [4.78, 5) is 16.6. The first kappa shape index (κ1) is 15.9. The Morgan fingerprint density at radius 1 is 1.39 bits per heavy atom. The Labute approximate surface area is 142 Å². The molecule has 6 nitrogen and oxygen atoms in total. The van der Waals surface area contributed by atoms with E-state index < -0.39 is 0 Å². The van der Waals surface area contributed by atoms with Gasteiger partial charge >= 0.3 is 0 Å². The minimum absolute atomic E-state index is 0.0670. The molecule has 3 aromatic heterocycles. The average molecular weight is 347 g/mol. The Morgan fingerprint density at radius 2 is 2.26 bits per heavy atom. The number of hydrogen-bond acceptors (Lipinski definition) is 7. The van der Waals surface area contributed by atoms with Gasteiger partial charge in [0.1, 0.15) is 5.65 Å². The Balaban J connectivity index is 1.70. The van der Waals surface area contributed by atoms with Gasteiger partial charge in [-0.1, -0.05) is 36.1 Å². The van der Waals surface area contributed by atoms with Crippen LogP contribution in [0.5, 0.6) is 0 Å². The maximum atomic E-state index is 12.0. The van der Waals surface area contributed by atoms with Gasteiger partial charge in [0, 0.05) is 24.1 Å². The molecule has 8 heteroatoms. The lowest BCUT2D eigenvalue weighted by molar-refractivity contribution is 0.759. The summed E-state index contributed by atoms with van der Waals surface area (Å²) in [6, 6.07) is 7.46. The smallest absolute Gasteiger partial charge is 0.258 e. The van der Waals surface area contributed by atoms with Crippen molar-refractivity contribution >= 4 is 33.9 Å². The summed E-state index contributed by atoms with van der Waals surface area (Å²) in [6.45, 7) is 4.24. The Morgan fingerprint density at radius 3 is 3.09 bits per heavy atom. The van der Waals surface area contributed by atoms with Crippen molar-refractivity contribution in [3.63, 3.8) is 0 Å². The summed E-state index contributed by atoms with van der Waals surface area (Å²) in [6.07, 6.45) is 2.76. The Kier molecular flexibility index (Phi) is 4.92. The van der Waals surface area contributed by atoms with Gasteiger partial charge in [0.2, 0.25) is 5.13 Å². The summed E-state index contributed by atoms with van der Waals surface area (Å²) in [5.74, 6) is 0.596. The fourth-order valence-electron chi connectivity index (χ4n) is 1.95. The second-order valence-electron chi connectivity index (χ2n) is 5.13. The third kappa shape index (κ3) is 3.89. The van der Waals surface area contributed by atoms with Crippen LogP contribution in [0.15, 0.2) is 39.6 Å². The quantitative estimate of drug-likeness (QED) is 0.691. The average Bonchev–Trinajstić information content (AvgIpc) is 3.00. The zero-order valence-electron chi connectivity index (χ0n) is 12.9. The van der Waals surface area contributed by atoms with Crippen LogP contribution in [0.25, 0.3) is 5.65 Å². The van der Waals surface area contributed by atoms with E-state index >= 15 is 0 Å². The molecule has 0 aliphatic rings. The first-order valence-corrected chi connectivity index (χ1v) is 9.16. The van der Waals surface area contributed by atoms with Crippen molar-refractivity contribution in [1.82, 2.24) is 19.6 Å². The molecule has 1 N–H and O–H groups in total. The predicted octanol–water partition coefficient (Wildman–Crippen LogP) is 3.05. The molecule has 120 valence electrons. The maximum Gasteiger partial charge on any atom is 0.258 e. The highest BCUT2D eigenvalue weighted by molar-refractivity contribution is 8.00. The van der Waals surface area contributed by atoms with Gasteiger partial charge in [-0.15, -0.1) is 10.2 Å². The van der Waals surface area contributed by atoms with E-state index in [2.05, 4.69) is 34.3 Å². The molecule has 0 aromatic carbocycles. The summed E-state index contributed by atoms with van der Waals surface area (Å²) >= 11 is 3.06. The van der Waals surface area contributed by atoms with Crippen LogP contribution in [-0.4, -0.2) is 25.6 Å². The lowest BCUT2D eigenvalue weighted by Crippen LogP contribution is -2.14. The van der Waals surface area contributed by atoms with E-state index in [1.807, 2.05) is 18.2 Å². The van der Waals surface area contributed by atoms with Crippen LogP contribution in [0.2, 0.25) is 0 Å². The fourth-order valence-corrected chi connectivity index (χ4v) is 3.71. The molecule has 0 radical (unpaired) electrons. The van der Waals surface area contributed by atoms with Gasteiger partial charge in [-0.25, -0.2) is 4.98 Å². The topological polar surface area (TPSA) is 72.2 Å². The molecular formula is C15H17N5OS2. The molecule has 23 heavy (non-hydrogen) atoms. The van der Waals surface area contributed by atoms with Crippen molar-refractivity contribution in [3.05, 3.63) is 46.5 Å². The van der Waals surface area contributed by atoms with Crippen molar-refractivity contribution in [2.45, 2.75) is 36.4 Å². The zero-order chi connectivity index (χ0) is 16.2. The van der Waals surface area contributed by atoms with Gasteiger partial charge in [0.15, 0.2) is 4.34 Å². The summed E-state index contributed by atoms with van der Waals surface area (Å²) in [7, 11) is 0. The number of hydrogen-bond donors (Lipinski definition) is 1. The molecule has 0 fully saturated rings. The monoisotopic (exact) mass is 347 g/mol. The summed E-state index contributed by atoms with van der Waals surface area (Å²) in [5.41, 5.74) is 1.34. The lowest BCUT2D eigenvalue weighted by Gasteiger charge is -2.07. The van der Waals surface area contributed by atoms with E-state index in [1.165, 1.54) is 15.7 Å². The van der Waals surface area contributed by atoms with Gasteiger partial charge in [0.25, 0.3) is 5.56 Å². The molecular weight excluding hydrogens is 330 g/mol. The number of thioether (sulfide) groups is 1. The summed E-state index contributed by atoms with van der Waals surface area (Å²) < 4.78 is 2.40. The van der Waals surface area contributed by atoms with E-state index in [1.54, 1.807) is 24.0 Å². The number of pyridine rings is 1. The molecule has 0 amide bonds. The predicted molar refractivity (Wildman–Crippen MR) is 94.3 cm³/mol. The molecule has 0 saturated heterocycles. The van der Waals surface area contributed by atoms with Crippen molar-refractivity contribution in [1.29, 1.82) is 0 Å². The maximum absolute atomic E-state index is 12.0. The largest absolute Gasteiger partial charge is 0.358 e. The normalized spacial score (nSPS) is 12.4. The van der Waals surface area contributed by atoms with Crippen LogP contribution >= 0.6 is 23.1 Å². The molecule has 0 saturated carbocycles. The number of fused-ring (bicyclic) bond motifs is 1. The van der Waals surface area contributed by atoms with Gasteiger partial charge in [0.05, 0.1) is 5.69 Å². The molecule has 0 unspecified atom stereocenters. The van der Waals surface area contributed by atoms with Crippen molar-refractivity contribution in [2.24, 2.45) is 0 Å². The molecule has 3 aromatic rings. The number of nitrogens with one attached hydrogen (secondary N) is 1. The van der Waals surface area contributed by atoms with E-state index in [0.717, 1.165) is 21.6 Å². The molecule has 0 aliphatic carbocycles. The molecule has 0 bridgehead atoms. The van der Waals surface area contributed by atoms with Crippen molar-refractivity contribution < 1.29 is 0 Å². The second-order valence-corrected chi connectivity index (χ2v) is 7.33. The number of aromatic nitrogens is 4. The minimum atomic E-state index is -0.0670. The molecule has 0 spiro atoms. The van der Waals surface area contributed by atoms with Crippen LogP contribution in [0.1, 0.15) is 26.0 Å². The molecule has 0 aliphatic heterocycles. The molecule has 1 atom stereocenters. The Hall–Kier alpha value is -1.93. The van der Waals surface area contributed by atoms with Crippen LogP contribution in [0.3, 0.4) is 0 Å². The van der Waals surface area contributed by atoms with Gasteiger partial charge < -0.3 is 5.32 Å². The first-order valence-electron chi connectivity index (χ1n) is 7.36. The molecule has 3 rings (SSSR count). The van der Waals surface area contributed by atoms with E-state index in [-0.39, 0.29) is 5.56 Å². The van der Waals surface area contributed by atoms with E-state index in [9.17, 15) is 4.79 Å². The van der Waals surface area contributed by atoms with Crippen LogP contribution in [0, 0.1) is 0 Å². The number of anilines is 1. The molecule has 3 heterocycles. The second kappa shape index (κ2) is 7.10. The SMILES string of the molecule is CC[C@@H](C)Nc1nnc(SCc2cc(=O)n3ccccc3n2)s1. The number of rotatable bonds is 6. The highest BCUT2D eigenvalue weighted by Gasteiger charge is 2.08. The van der Waals surface area contributed by atoms with Crippen LogP contribution in [0.4, 0.5) is 5.13 Å². The fraction of sp³-hybridized carbons (Fsp3) is 0.333.